The summed E-state index contributed by atoms with van der Waals surface area (Å²) >= 11 is 1.76. The second-order valence-corrected chi connectivity index (χ2v) is 4.48. The predicted molar refractivity (Wildman–Crippen MR) is 64.3 cm³/mol. The maximum atomic E-state index is 4.44. The fourth-order valence-electron chi connectivity index (χ4n) is 1.44. The Morgan fingerprint density at radius 1 is 1.53 bits per heavy atom. The van der Waals surface area contributed by atoms with Crippen molar-refractivity contribution in [2.45, 2.75) is 26.9 Å². The van der Waals surface area contributed by atoms with E-state index in [9.17, 15) is 0 Å². The highest BCUT2D eigenvalue weighted by Gasteiger charge is 2.03. The first-order valence-corrected chi connectivity index (χ1v) is 5.98. The standard InChI is InChI=1S/C11H15N3S/c1-3-14-8-9(2)11(13-14)12-7-10-5-4-6-15-10/h4-6,8H,3,7H2,1-2H3,(H,12,13). The molecule has 2 rings (SSSR count). The molecule has 0 bridgehead atoms. The predicted octanol–water partition coefficient (Wildman–Crippen LogP) is 2.89. The van der Waals surface area contributed by atoms with Crippen molar-refractivity contribution in [3.8, 4) is 0 Å². The molecule has 0 saturated carbocycles. The molecule has 0 aromatic carbocycles. The van der Waals surface area contributed by atoms with Crippen LogP contribution in [0.5, 0.6) is 0 Å². The molecule has 0 amide bonds. The molecule has 0 atom stereocenters. The van der Waals surface area contributed by atoms with Gasteiger partial charge in [-0.25, -0.2) is 0 Å². The van der Waals surface area contributed by atoms with Crippen molar-refractivity contribution in [2.75, 3.05) is 5.32 Å². The maximum Gasteiger partial charge on any atom is 0.151 e. The molecule has 0 aliphatic rings. The number of hydrogen-bond acceptors (Lipinski definition) is 3. The number of rotatable bonds is 4. The molecule has 0 saturated heterocycles. The van der Waals surface area contributed by atoms with E-state index in [2.05, 4.69) is 48.0 Å². The third-order valence-corrected chi connectivity index (χ3v) is 3.16. The third-order valence-electron chi connectivity index (χ3n) is 2.28. The molecule has 1 N–H and O–H groups in total. The van der Waals surface area contributed by atoms with Crippen LogP contribution >= 0.6 is 11.3 Å². The van der Waals surface area contributed by atoms with E-state index in [4.69, 9.17) is 0 Å². The molecule has 2 heterocycles. The summed E-state index contributed by atoms with van der Waals surface area (Å²) in [5, 5.41) is 9.88. The average molecular weight is 221 g/mol. The topological polar surface area (TPSA) is 29.9 Å². The monoisotopic (exact) mass is 221 g/mol. The molecular formula is C11H15N3S. The zero-order chi connectivity index (χ0) is 10.7. The number of aromatic nitrogens is 2. The van der Waals surface area contributed by atoms with Gasteiger partial charge >= 0.3 is 0 Å². The number of nitrogens with one attached hydrogen (secondary N) is 1. The molecule has 0 aliphatic heterocycles. The van der Waals surface area contributed by atoms with Crippen molar-refractivity contribution in [3.05, 3.63) is 34.2 Å². The summed E-state index contributed by atoms with van der Waals surface area (Å²) in [4.78, 5) is 1.33. The van der Waals surface area contributed by atoms with Crippen LogP contribution in [0.4, 0.5) is 5.82 Å². The summed E-state index contributed by atoms with van der Waals surface area (Å²) in [6.45, 7) is 5.95. The minimum Gasteiger partial charge on any atom is -0.363 e. The van der Waals surface area contributed by atoms with Gasteiger partial charge in [-0.05, 0) is 25.3 Å². The molecule has 0 aliphatic carbocycles. The summed E-state index contributed by atoms with van der Waals surface area (Å²) in [7, 11) is 0. The van der Waals surface area contributed by atoms with Crippen LogP contribution in [-0.4, -0.2) is 9.78 Å². The summed E-state index contributed by atoms with van der Waals surface area (Å²) in [5.41, 5.74) is 1.20. The molecule has 80 valence electrons. The van der Waals surface area contributed by atoms with Crippen LogP contribution < -0.4 is 5.32 Å². The Kier molecular flexibility index (Phi) is 3.06. The Balaban J connectivity index is 2.01. The van der Waals surface area contributed by atoms with E-state index >= 15 is 0 Å². The van der Waals surface area contributed by atoms with Gasteiger partial charge in [0, 0.05) is 23.2 Å². The highest BCUT2D eigenvalue weighted by molar-refractivity contribution is 7.09. The van der Waals surface area contributed by atoms with Gasteiger partial charge in [-0.2, -0.15) is 5.10 Å². The number of aryl methyl sites for hydroxylation is 2. The number of anilines is 1. The van der Waals surface area contributed by atoms with Crippen molar-refractivity contribution in [2.24, 2.45) is 0 Å². The van der Waals surface area contributed by atoms with Crippen LogP contribution in [0.15, 0.2) is 23.7 Å². The lowest BCUT2D eigenvalue weighted by Gasteiger charge is -2.01. The Bertz CT molecular complexity index is 417. The van der Waals surface area contributed by atoms with Crippen LogP contribution in [0.1, 0.15) is 17.4 Å². The highest BCUT2D eigenvalue weighted by atomic mass is 32.1. The van der Waals surface area contributed by atoms with Gasteiger partial charge in [0.05, 0.1) is 6.54 Å². The normalized spacial score (nSPS) is 10.5. The van der Waals surface area contributed by atoms with Crippen LogP contribution in [0, 0.1) is 6.92 Å². The fourth-order valence-corrected chi connectivity index (χ4v) is 2.09. The quantitative estimate of drug-likeness (QED) is 0.860. The minimum absolute atomic E-state index is 0.860. The van der Waals surface area contributed by atoms with Gasteiger partial charge in [-0.15, -0.1) is 11.3 Å². The van der Waals surface area contributed by atoms with E-state index in [1.165, 1.54) is 10.4 Å². The third kappa shape index (κ3) is 2.39. The lowest BCUT2D eigenvalue weighted by Crippen LogP contribution is -2.01. The molecule has 2 aromatic heterocycles. The molecule has 4 heteroatoms. The van der Waals surface area contributed by atoms with E-state index in [1.54, 1.807) is 11.3 Å². The van der Waals surface area contributed by atoms with Crippen molar-refractivity contribution >= 4 is 17.2 Å². The van der Waals surface area contributed by atoms with Gasteiger partial charge in [0.2, 0.25) is 0 Å². The Labute approximate surface area is 93.7 Å². The molecule has 2 aromatic rings. The SMILES string of the molecule is CCn1cc(C)c(NCc2cccs2)n1. The van der Waals surface area contributed by atoms with Gasteiger partial charge in [0.15, 0.2) is 5.82 Å². The lowest BCUT2D eigenvalue weighted by atomic mass is 10.3. The Morgan fingerprint density at radius 2 is 2.40 bits per heavy atom. The molecule has 0 fully saturated rings. The Hall–Kier alpha value is -1.29. The fraction of sp³-hybridized carbons (Fsp3) is 0.364. The van der Waals surface area contributed by atoms with Crippen LogP contribution in [-0.2, 0) is 13.1 Å². The molecule has 0 spiro atoms. The van der Waals surface area contributed by atoms with Crippen LogP contribution in [0.25, 0.3) is 0 Å². The molecule has 3 nitrogen and oxygen atoms in total. The maximum absolute atomic E-state index is 4.44. The summed E-state index contributed by atoms with van der Waals surface area (Å²) in [6, 6.07) is 4.20. The largest absolute Gasteiger partial charge is 0.363 e. The number of thiophene rings is 1. The second kappa shape index (κ2) is 4.49. The van der Waals surface area contributed by atoms with Crippen LogP contribution in [0.3, 0.4) is 0 Å². The molecule has 0 unspecified atom stereocenters. The molecule has 15 heavy (non-hydrogen) atoms. The second-order valence-electron chi connectivity index (χ2n) is 3.45. The summed E-state index contributed by atoms with van der Waals surface area (Å²) in [5.74, 6) is 0.991. The van der Waals surface area contributed by atoms with E-state index in [1.807, 2.05) is 4.68 Å². The zero-order valence-corrected chi connectivity index (χ0v) is 9.84. The lowest BCUT2D eigenvalue weighted by molar-refractivity contribution is 0.661. The van der Waals surface area contributed by atoms with Crippen molar-refractivity contribution in [1.29, 1.82) is 0 Å². The highest BCUT2D eigenvalue weighted by Crippen LogP contribution is 2.15. The van der Waals surface area contributed by atoms with Crippen molar-refractivity contribution in [3.63, 3.8) is 0 Å². The van der Waals surface area contributed by atoms with Gasteiger partial charge < -0.3 is 5.32 Å². The summed E-state index contributed by atoms with van der Waals surface area (Å²) in [6.07, 6.45) is 2.07. The van der Waals surface area contributed by atoms with Crippen molar-refractivity contribution < 1.29 is 0 Å². The van der Waals surface area contributed by atoms with E-state index < -0.39 is 0 Å². The van der Waals surface area contributed by atoms with Gasteiger partial charge in [0.1, 0.15) is 0 Å². The van der Waals surface area contributed by atoms with Crippen LogP contribution in [0.2, 0.25) is 0 Å². The average Bonchev–Trinajstić information content (AvgIpc) is 2.84. The minimum atomic E-state index is 0.860. The Morgan fingerprint density at radius 3 is 3.00 bits per heavy atom. The number of nitrogens with zero attached hydrogens (tertiary/aromatic N) is 2. The van der Waals surface area contributed by atoms with Gasteiger partial charge in [-0.3, -0.25) is 4.68 Å². The van der Waals surface area contributed by atoms with Gasteiger partial charge in [0.25, 0.3) is 0 Å². The first kappa shape index (κ1) is 10.2. The molecule has 0 radical (unpaired) electrons. The first-order chi connectivity index (χ1) is 7.29. The van der Waals surface area contributed by atoms with Crippen molar-refractivity contribution in [1.82, 2.24) is 9.78 Å². The molecular weight excluding hydrogens is 206 g/mol. The number of hydrogen-bond donors (Lipinski definition) is 1. The van der Waals surface area contributed by atoms with E-state index in [0.717, 1.165) is 18.9 Å². The summed E-state index contributed by atoms with van der Waals surface area (Å²) < 4.78 is 1.95. The zero-order valence-electron chi connectivity index (χ0n) is 9.03. The first-order valence-electron chi connectivity index (χ1n) is 5.10. The van der Waals surface area contributed by atoms with Gasteiger partial charge in [-0.1, -0.05) is 6.07 Å². The van der Waals surface area contributed by atoms with E-state index in [-0.39, 0.29) is 0 Å². The smallest absolute Gasteiger partial charge is 0.151 e. The van der Waals surface area contributed by atoms with E-state index in [0.29, 0.717) is 0 Å².